The molecule has 0 bridgehead atoms. The highest BCUT2D eigenvalue weighted by Crippen LogP contribution is 2.41. The second-order valence-corrected chi connectivity index (χ2v) is 15.8. The smallest absolute Gasteiger partial charge is 0.161 e. The lowest BCUT2D eigenvalue weighted by Crippen LogP contribution is -2.33. The van der Waals surface area contributed by atoms with Crippen LogP contribution in [-0.2, 0) is 0 Å². The van der Waals surface area contributed by atoms with Gasteiger partial charge in [0, 0.05) is 43.7 Å². The number of hydrogen-bond donors (Lipinski definition) is 1. The van der Waals surface area contributed by atoms with Crippen molar-refractivity contribution in [2.24, 2.45) is 9.98 Å². The Morgan fingerprint density at radius 1 is 0.475 bits per heavy atom. The number of nitrogens with one attached hydrogen (secondary N) is 1. The third-order valence-corrected chi connectivity index (χ3v) is 12.3. The topological polar surface area (TPSA) is 59.8 Å². The first-order valence-electron chi connectivity index (χ1n) is 20.7. The summed E-state index contributed by atoms with van der Waals surface area (Å²) in [7, 11) is 0. The summed E-state index contributed by atoms with van der Waals surface area (Å²) in [5.74, 6) is 1.37. The fraction of sp³-hybridized carbons (Fsp3) is 0.0182. The first kappa shape index (κ1) is 33.7. The highest BCUT2D eigenvalue weighted by Gasteiger charge is 2.27. The van der Waals surface area contributed by atoms with E-state index in [0.29, 0.717) is 11.7 Å². The van der Waals surface area contributed by atoms with Crippen LogP contribution in [0.15, 0.2) is 215 Å². The minimum atomic E-state index is -0.400. The number of hydrogen-bond acceptors (Lipinski definition) is 4. The summed E-state index contributed by atoms with van der Waals surface area (Å²) < 4.78 is 11.5. The molecule has 286 valence electrons. The average Bonchev–Trinajstić information content (AvgIpc) is 3.98. The molecule has 61 heavy (non-hydrogen) atoms. The van der Waals surface area contributed by atoms with E-state index < -0.39 is 6.17 Å². The molecule has 0 spiro atoms. The minimum absolute atomic E-state index is 0.400. The number of fused-ring (bicyclic) bond motifs is 10. The molecule has 6 heteroatoms. The summed E-state index contributed by atoms with van der Waals surface area (Å²) in [5, 5.41) is 13.0. The molecular weight excluding hydrogens is 747 g/mol. The summed E-state index contributed by atoms with van der Waals surface area (Å²) in [6.07, 6.45) is -0.400. The van der Waals surface area contributed by atoms with E-state index in [1.165, 1.54) is 26.9 Å². The van der Waals surface area contributed by atoms with Crippen molar-refractivity contribution in [3.8, 4) is 11.4 Å². The van der Waals surface area contributed by atoms with Crippen LogP contribution < -0.4 is 5.32 Å². The van der Waals surface area contributed by atoms with E-state index in [-0.39, 0.29) is 0 Å². The normalized spacial score (nSPS) is 14.4. The summed E-state index contributed by atoms with van der Waals surface area (Å²) in [4.78, 5) is 10.9. The van der Waals surface area contributed by atoms with Gasteiger partial charge in [0.1, 0.15) is 23.2 Å². The molecule has 1 unspecified atom stereocenters. The zero-order chi connectivity index (χ0) is 40.0. The number of benzene rings is 9. The van der Waals surface area contributed by atoms with E-state index in [2.05, 4.69) is 203 Å². The van der Waals surface area contributed by atoms with Crippen LogP contribution >= 0.6 is 0 Å². The van der Waals surface area contributed by atoms with Gasteiger partial charge in [0.05, 0.1) is 33.1 Å². The van der Waals surface area contributed by atoms with Gasteiger partial charge in [-0.1, -0.05) is 140 Å². The van der Waals surface area contributed by atoms with E-state index in [4.69, 9.17) is 14.4 Å². The molecule has 0 saturated heterocycles. The van der Waals surface area contributed by atoms with Crippen LogP contribution in [0.4, 0.5) is 0 Å². The molecule has 0 saturated carbocycles. The molecule has 6 nitrogen and oxygen atoms in total. The SMILES string of the molecule is c1ccc(C2N=C(c3cccc4c5ccccc5n(-c5ccccc5)c34)N=C(c3cc(-n4c5ccccc5c5cc6ccccc6cc54)c4c(c3)oc3ccccc34)N2)cc1. The van der Waals surface area contributed by atoms with Crippen LogP contribution in [0.5, 0.6) is 0 Å². The van der Waals surface area contributed by atoms with Crippen LogP contribution in [-0.4, -0.2) is 20.8 Å². The molecule has 12 aromatic rings. The van der Waals surface area contributed by atoms with Crippen molar-refractivity contribution in [3.63, 3.8) is 0 Å². The fourth-order valence-electron chi connectivity index (χ4n) is 9.63. The van der Waals surface area contributed by atoms with Crippen LogP contribution in [0.1, 0.15) is 22.9 Å². The number of aliphatic imine (C=N–C) groups is 2. The van der Waals surface area contributed by atoms with Gasteiger partial charge >= 0.3 is 0 Å². The number of amidine groups is 2. The van der Waals surface area contributed by atoms with Gasteiger partial charge in [-0.2, -0.15) is 0 Å². The molecule has 3 aromatic heterocycles. The lowest BCUT2D eigenvalue weighted by atomic mass is 10.0. The van der Waals surface area contributed by atoms with Gasteiger partial charge in [-0.3, -0.25) is 0 Å². The number of para-hydroxylation sites is 5. The fourth-order valence-corrected chi connectivity index (χ4v) is 9.63. The van der Waals surface area contributed by atoms with Crippen molar-refractivity contribution in [1.29, 1.82) is 0 Å². The Labute approximate surface area is 349 Å². The quantitative estimate of drug-likeness (QED) is 0.189. The lowest BCUT2D eigenvalue weighted by Gasteiger charge is -2.24. The standard InChI is InChI=1S/C55H35N5O/c1-3-16-34(17-4-1)53-56-54(58-55(57-53)43-26-15-25-41-39-22-9-12-27-45(39)59(52(41)43)38-20-5-2-6-21-38)37-32-48(51-42-24-11-14-29-49(42)61-50(51)33-37)60-46-28-13-10-23-40(46)44-30-35-18-7-8-19-36(35)31-47(44)60/h1-33,53H,(H,56,57,58). The van der Waals surface area contributed by atoms with E-state index in [0.717, 1.165) is 77.5 Å². The first-order valence-corrected chi connectivity index (χ1v) is 20.7. The Bertz CT molecular complexity index is 3800. The van der Waals surface area contributed by atoms with Gasteiger partial charge in [0.15, 0.2) is 5.84 Å². The van der Waals surface area contributed by atoms with Gasteiger partial charge in [0.25, 0.3) is 0 Å². The maximum absolute atomic E-state index is 6.77. The summed E-state index contributed by atoms with van der Waals surface area (Å²) >= 11 is 0. The van der Waals surface area contributed by atoms with Gasteiger partial charge in [0.2, 0.25) is 0 Å². The van der Waals surface area contributed by atoms with Crippen molar-refractivity contribution in [1.82, 2.24) is 14.5 Å². The largest absolute Gasteiger partial charge is 0.456 e. The molecule has 9 aromatic carbocycles. The Morgan fingerprint density at radius 2 is 1.11 bits per heavy atom. The lowest BCUT2D eigenvalue weighted by molar-refractivity contribution is 0.666. The van der Waals surface area contributed by atoms with E-state index in [1.54, 1.807) is 0 Å². The summed E-state index contributed by atoms with van der Waals surface area (Å²) in [5.41, 5.74) is 11.1. The second kappa shape index (κ2) is 13.1. The highest BCUT2D eigenvalue weighted by atomic mass is 16.3. The molecule has 0 amide bonds. The Hall–Kier alpha value is -8.22. The van der Waals surface area contributed by atoms with Gasteiger partial charge in [-0.05, 0) is 77.0 Å². The van der Waals surface area contributed by atoms with Crippen LogP contribution in [0, 0.1) is 0 Å². The second-order valence-electron chi connectivity index (χ2n) is 15.8. The van der Waals surface area contributed by atoms with Crippen molar-refractivity contribution in [2.45, 2.75) is 6.17 Å². The van der Waals surface area contributed by atoms with Gasteiger partial charge in [-0.25, -0.2) is 9.98 Å². The highest BCUT2D eigenvalue weighted by molar-refractivity contribution is 6.23. The molecule has 1 atom stereocenters. The number of rotatable bonds is 5. The molecule has 1 N–H and O–H groups in total. The van der Waals surface area contributed by atoms with Crippen molar-refractivity contribution in [3.05, 3.63) is 217 Å². The Morgan fingerprint density at radius 3 is 1.92 bits per heavy atom. The maximum atomic E-state index is 6.77. The molecule has 0 aliphatic carbocycles. The monoisotopic (exact) mass is 781 g/mol. The number of furan rings is 1. The van der Waals surface area contributed by atoms with E-state index >= 15 is 0 Å². The summed E-state index contributed by atoms with van der Waals surface area (Å²) in [6.45, 7) is 0. The maximum Gasteiger partial charge on any atom is 0.161 e. The number of nitrogens with zero attached hydrogens (tertiary/aromatic N) is 4. The molecular formula is C55H35N5O. The van der Waals surface area contributed by atoms with Crippen LogP contribution in [0.3, 0.4) is 0 Å². The van der Waals surface area contributed by atoms with E-state index in [1.807, 2.05) is 12.1 Å². The number of aromatic nitrogens is 2. The Kier molecular flexibility index (Phi) is 7.27. The molecule has 1 aliphatic rings. The molecule has 4 heterocycles. The van der Waals surface area contributed by atoms with E-state index in [9.17, 15) is 0 Å². The Balaban J connectivity index is 1.10. The predicted molar refractivity (Wildman–Crippen MR) is 252 cm³/mol. The molecule has 1 aliphatic heterocycles. The summed E-state index contributed by atoms with van der Waals surface area (Å²) in [6, 6.07) is 70.8. The zero-order valence-corrected chi connectivity index (χ0v) is 32.8. The first-order chi connectivity index (χ1) is 30.2. The molecule has 13 rings (SSSR count). The predicted octanol–water partition coefficient (Wildman–Crippen LogP) is 13.4. The third-order valence-electron chi connectivity index (χ3n) is 12.3. The average molecular weight is 782 g/mol. The minimum Gasteiger partial charge on any atom is -0.456 e. The molecule has 0 radical (unpaired) electrons. The van der Waals surface area contributed by atoms with Gasteiger partial charge < -0.3 is 18.9 Å². The van der Waals surface area contributed by atoms with Gasteiger partial charge in [-0.15, -0.1) is 0 Å². The molecule has 0 fully saturated rings. The van der Waals surface area contributed by atoms with Crippen molar-refractivity contribution < 1.29 is 4.42 Å². The van der Waals surface area contributed by atoms with Crippen molar-refractivity contribution >= 4 is 88.0 Å². The van der Waals surface area contributed by atoms with Crippen LogP contribution in [0.25, 0.3) is 87.7 Å². The van der Waals surface area contributed by atoms with Crippen molar-refractivity contribution in [2.75, 3.05) is 0 Å². The third kappa shape index (κ3) is 5.15. The zero-order valence-electron chi connectivity index (χ0n) is 32.8. The van der Waals surface area contributed by atoms with Crippen LogP contribution in [0.2, 0.25) is 0 Å².